The average Bonchev–Trinajstić information content (AvgIpc) is 2.91. The van der Waals surface area contributed by atoms with E-state index in [1.54, 1.807) is 12.1 Å². The quantitative estimate of drug-likeness (QED) is 0.787. The van der Waals surface area contributed by atoms with E-state index in [1.807, 2.05) is 17.5 Å². The Morgan fingerprint density at radius 3 is 2.61 bits per heavy atom. The van der Waals surface area contributed by atoms with Gasteiger partial charge in [-0.3, -0.25) is 19.1 Å². The van der Waals surface area contributed by atoms with Crippen LogP contribution >= 0.6 is 22.9 Å². The third-order valence-corrected chi connectivity index (χ3v) is 4.71. The highest BCUT2D eigenvalue weighted by Gasteiger charge is 2.15. The average molecular weight is 349 g/mol. The van der Waals surface area contributed by atoms with E-state index in [1.165, 1.54) is 18.3 Å². The maximum atomic E-state index is 12.7. The Bertz CT molecular complexity index is 999. The van der Waals surface area contributed by atoms with Crippen molar-refractivity contribution in [3.8, 4) is 11.1 Å². The van der Waals surface area contributed by atoms with Crippen LogP contribution in [0.3, 0.4) is 0 Å². The van der Waals surface area contributed by atoms with Crippen LogP contribution in [0, 0.1) is 0 Å². The van der Waals surface area contributed by atoms with Gasteiger partial charge in [0.15, 0.2) is 0 Å². The van der Waals surface area contributed by atoms with Gasteiger partial charge in [-0.2, -0.15) is 0 Å². The number of Topliss-reactive ketones (excluding diaryl/α,β-unsaturated/α-hetero) is 1. The maximum absolute atomic E-state index is 12.7. The van der Waals surface area contributed by atoms with E-state index >= 15 is 0 Å². The molecule has 2 aromatic heterocycles. The normalized spacial score (nSPS) is 11.0. The van der Waals surface area contributed by atoms with Gasteiger partial charge >= 0.3 is 5.69 Å². The van der Waals surface area contributed by atoms with Crippen LogP contribution in [-0.4, -0.2) is 15.3 Å². The first-order valence-corrected chi connectivity index (χ1v) is 8.23. The molecule has 23 heavy (non-hydrogen) atoms. The summed E-state index contributed by atoms with van der Waals surface area (Å²) in [6.07, 6.45) is 0.148. The van der Waals surface area contributed by atoms with Crippen molar-refractivity contribution in [2.45, 2.75) is 19.9 Å². The topological polar surface area (TPSA) is 71.9 Å². The third kappa shape index (κ3) is 3.00. The van der Waals surface area contributed by atoms with Crippen molar-refractivity contribution in [2.24, 2.45) is 0 Å². The predicted molar refractivity (Wildman–Crippen MR) is 92.4 cm³/mol. The van der Waals surface area contributed by atoms with Crippen LogP contribution in [0.25, 0.3) is 21.3 Å². The van der Waals surface area contributed by atoms with E-state index in [9.17, 15) is 14.4 Å². The Labute approximate surface area is 140 Å². The highest BCUT2D eigenvalue weighted by molar-refractivity contribution is 7.17. The Hall–Kier alpha value is -2.18. The van der Waals surface area contributed by atoms with Crippen LogP contribution in [0.15, 0.2) is 39.2 Å². The standard InChI is InChI=1S/C16H13ClN2O3S/c1-9(20)6-7-19-15(21)13-12(8-23-14(13)18-16(19)22)10-2-4-11(17)5-3-10/h2-5,8H,6-7H2,1H3,(H,18,22). The molecule has 0 aliphatic carbocycles. The summed E-state index contributed by atoms with van der Waals surface area (Å²) in [6.45, 7) is 1.51. The van der Waals surface area contributed by atoms with Gasteiger partial charge in [-0.25, -0.2) is 4.79 Å². The van der Waals surface area contributed by atoms with Gasteiger partial charge in [0.1, 0.15) is 10.6 Å². The molecule has 0 saturated heterocycles. The number of carbonyl (C=O) groups excluding carboxylic acids is 1. The predicted octanol–water partition coefficient (Wildman–Crippen LogP) is 3.05. The van der Waals surface area contributed by atoms with Crippen molar-refractivity contribution in [2.75, 3.05) is 0 Å². The van der Waals surface area contributed by atoms with Gasteiger partial charge in [0.25, 0.3) is 5.56 Å². The molecule has 1 aromatic carbocycles. The van der Waals surface area contributed by atoms with E-state index in [-0.39, 0.29) is 24.3 Å². The van der Waals surface area contributed by atoms with Crippen molar-refractivity contribution in [3.05, 3.63) is 55.5 Å². The fourth-order valence-corrected chi connectivity index (χ4v) is 3.45. The summed E-state index contributed by atoms with van der Waals surface area (Å²) >= 11 is 7.20. The molecular formula is C16H13ClN2O3S. The Kier molecular flexibility index (Phi) is 4.19. The van der Waals surface area contributed by atoms with Crippen LogP contribution < -0.4 is 11.2 Å². The number of benzene rings is 1. The number of aromatic nitrogens is 2. The van der Waals surface area contributed by atoms with E-state index in [4.69, 9.17) is 11.6 Å². The number of rotatable bonds is 4. The maximum Gasteiger partial charge on any atom is 0.329 e. The van der Waals surface area contributed by atoms with Crippen LogP contribution in [0.4, 0.5) is 0 Å². The Morgan fingerprint density at radius 2 is 1.96 bits per heavy atom. The molecule has 0 aliphatic heterocycles. The van der Waals surface area contributed by atoms with Crippen molar-refractivity contribution < 1.29 is 4.79 Å². The summed E-state index contributed by atoms with van der Waals surface area (Å²) in [5.74, 6) is -0.0698. The van der Waals surface area contributed by atoms with Gasteiger partial charge in [-0.05, 0) is 24.6 Å². The highest BCUT2D eigenvalue weighted by Crippen LogP contribution is 2.30. The number of halogens is 1. The molecule has 0 aliphatic rings. The molecule has 5 nitrogen and oxygen atoms in total. The van der Waals surface area contributed by atoms with Gasteiger partial charge in [-0.15, -0.1) is 11.3 Å². The Balaban J connectivity index is 2.20. The third-order valence-electron chi connectivity index (χ3n) is 3.56. The summed E-state index contributed by atoms with van der Waals surface area (Å²) in [5.41, 5.74) is 0.729. The lowest BCUT2D eigenvalue weighted by atomic mass is 10.1. The summed E-state index contributed by atoms with van der Waals surface area (Å²) in [6, 6.07) is 7.16. The van der Waals surface area contributed by atoms with E-state index < -0.39 is 5.69 Å². The molecule has 3 rings (SSSR count). The number of aromatic amines is 1. The molecule has 0 saturated carbocycles. The minimum Gasteiger partial charge on any atom is -0.300 e. The fraction of sp³-hybridized carbons (Fsp3) is 0.188. The van der Waals surface area contributed by atoms with Gasteiger partial charge in [0, 0.05) is 28.9 Å². The van der Waals surface area contributed by atoms with Gasteiger partial charge in [-0.1, -0.05) is 23.7 Å². The highest BCUT2D eigenvalue weighted by atomic mass is 35.5. The summed E-state index contributed by atoms with van der Waals surface area (Å²) in [4.78, 5) is 39.1. The van der Waals surface area contributed by atoms with Crippen LogP contribution in [0.5, 0.6) is 0 Å². The van der Waals surface area contributed by atoms with E-state index in [0.29, 0.717) is 15.2 Å². The van der Waals surface area contributed by atoms with Crippen molar-refractivity contribution in [3.63, 3.8) is 0 Å². The minimum absolute atomic E-state index is 0.0698. The van der Waals surface area contributed by atoms with Gasteiger partial charge in [0.2, 0.25) is 0 Å². The number of carbonyl (C=O) groups is 1. The fourth-order valence-electron chi connectivity index (χ4n) is 2.37. The second-order valence-corrected chi connectivity index (χ2v) is 6.52. The first kappa shape index (κ1) is 15.7. The van der Waals surface area contributed by atoms with E-state index in [0.717, 1.165) is 15.7 Å². The number of fused-ring (bicyclic) bond motifs is 1. The molecular weight excluding hydrogens is 336 g/mol. The molecule has 3 aromatic rings. The van der Waals surface area contributed by atoms with Crippen LogP contribution in [0.2, 0.25) is 5.02 Å². The first-order chi connectivity index (χ1) is 11.0. The van der Waals surface area contributed by atoms with Gasteiger partial charge < -0.3 is 0 Å². The monoisotopic (exact) mass is 348 g/mol. The van der Waals surface area contributed by atoms with Crippen molar-refractivity contribution in [1.29, 1.82) is 0 Å². The lowest BCUT2D eigenvalue weighted by Crippen LogP contribution is -2.35. The lowest BCUT2D eigenvalue weighted by molar-refractivity contribution is -0.117. The lowest BCUT2D eigenvalue weighted by Gasteiger charge is -2.05. The molecule has 0 unspecified atom stereocenters. The molecule has 0 atom stereocenters. The molecule has 7 heteroatoms. The molecule has 0 spiro atoms. The number of nitrogens with zero attached hydrogens (tertiary/aromatic N) is 1. The Morgan fingerprint density at radius 1 is 1.26 bits per heavy atom. The zero-order valence-electron chi connectivity index (χ0n) is 12.3. The number of hydrogen-bond acceptors (Lipinski definition) is 4. The number of hydrogen-bond donors (Lipinski definition) is 1. The largest absolute Gasteiger partial charge is 0.329 e. The molecule has 2 heterocycles. The number of thiophene rings is 1. The smallest absolute Gasteiger partial charge is 0.300 e. The second-order valence-electron chi connectivity index (χ2n) is 5.20. The molecule has 0 fully saturated rings. The van der Waals surface area contributed by atoms with Crippen LogP contribution in [-0.2, 0) is 11.3 Å². The first-order valence-electron chi connectivity index (χ1n) is 6.97. The van der Waals surface area contributed by atoms with Crippen molar-refractivity contribution in [1.82, 2.24) is 9.55 Å². The van der Waals surface area contributed by atoms with E-state index in [2.05, 4.69) is 4.98 Å². The second kappa shape index (κ2) is 6.14. The number of H-pyrrole nitrogens is 1. The molecule has 0 radical (unpaired) electrons. The SMILES string of the molecule is CC(=O)CCn1c(=O)[nH]c2scc(-c3ccc(Cl)cc3)c2c1=O. The zero-order chi connectivity index (χ0) is 16.6. The molecule has 118 valence electrons. The van der Waals surface area contributed by atoms with Crippen molar-refractivity contribution >= 4 is 38.9 Å². The summed E-state index contributed by atoms with van der Waals surface area (Å²) < 4.78 is 1.08. The molecule has 0 amide bonds. The number of nitrogens with one attached hydrogen (secondary N) is 1. The summed E-state index contributed by atoms with van der Waals surface area (Å²) in [5, 5.41) is 2.90. The number of ketones is 1. The zero-order valence-corrected chi connectivity index (χ0v) is 13.8. The minimum atomic E-state index is -0.492. The summed E-state index contributed by atoms with van der Waals surface area (Å²) in [7, 11) is 0. The van der Waals surface area contributed by atoms with Gasteiger partial charge in [0.05, 0.1) is 5.39 Å². The molecule has 1 N–H and O–H groups in total. The van der Waals surface area contributed by atoms with Crippen LogP contribution in [0.1, 0.15) is 13.3 Å². The molecule has 0 bridgehead atoms.